The highest BCUT2D eigenvalue weighted by atomic mass is 32.2. The molecule has 1 aromatic carbocycles. The second-order valence-corrected chi connectivity index (χ2v) is 6.51. The number of nitrogens with zero attached hydrogens (tertiary/aromatic N) is 2. The molecule has 0 aliphatic heterocycles. The summed E-state index contributed by atoms with van der Waals surface area (Å²) in [6.07, 6.45) is 0. The Morgan fingerprint density at radius 3 is 2.62 bits per heavy atom. The Balaban J connectivity index is 2.38. The zero-order valence-corrected chi connectivity index (χ0v) is 12.3. The van der Waals surface area contributed by atoms with Crippen LogP contribution in [0, 0.1) is 24.1 Å². The summed E-state index contributed by atoms with van der Waals surface area (Å²) >= 11 is 0. The molecule has 5 nitrogen and oxygen atoms in total. The topological polar surface area (TPSA) is 74.3 Å². The molecule has 2 aromatic rings. The van der Waals surface area contributed by atoms with E-state index in [9.17, 15) is 12.8 Å². The number of halogens is 1. The highest BCUT2D eigenvalue weighted by Crippen LogP contribution is 2.22. The molecule has 0 amide bonds. The summed E-state index contributed by atoms with van der Waals surface area (Å²) in [6.45, 7) is 1.75. The fraction of sp³-hybridized carbons (Fsp3) is 0.214. The number of nitriles is 1. The summed E-state index contributed by atoms with van der Waals surface area (Å²) < 4.78 is 44.8. The van der Waals surface area contributed by atoms with Gasteiger partial charge in [-0.15, -0.1) is 0 Å². The van der Waals surface area contributed by atoms with E-state index in [0.29, 0.717) is 11.5 Å². The first-order valence-electron chi connectivity index (χ1n) is 6.06. The lowest BCUT2D eigenvalue weighted by Gasteiger charge is -2.16. The standard InChI is InChI=1S/C14H13FN2O3S/c1-10-6-7-11(20-10)9-17(2)21(18,19)14-5-3-4-13(15)12(14)8-16/h3-7H,9H2,1-2H3. The zero-order chi connectivity index (χ0) is 15.6. The molecule has 0 aliphatic rings. The number of furan rings is 1. The van der Waals surface area contributed by atoms with Crippen LogP contribution in [0.15, 0.2) is 39.6 Å². The maximum atomic E-state index is 13.6. The zero-order valence-electron chi connectivity index (χ0n) is 11.5. The lowest BCUT2D eigenvalue weighted by Crippen LogP contribution is -2.27. The Kier molecular flexibility index (Phi) is 4.11. The van der Waals surface area contributed by atoms with Crippen molar-refractivity contribution >= 4 is 10.0 Å². The SMILES string of the molecule is Cc1ccc(CN(C)S(=O)(=O)c2cccc(F)c2C#N)o1. The number of hydrogen-bond donors (Lipinski definition) is 0. The summed E-state index contributed by atoms with van der Waals surface area (Å²) in [6, 6.07) is 8.49. The van der Waals surface area contributed by atoms with Crippen molar-refractivity contribution in [1.82, 2.24) is 4.31 Å². The quantitative estimate of drug-likeness (QED) is 0.869. The van der Waals surface area contributed by atoms with Crippen molar-refractivity contribution in [3.05, 3.63) is 53.2 Å². The monoisotopic (exact) mass is 308 g/mol. The first kappa shape index (κ1) is 15.2. The van der Waals surface area contributed by atoms with Crippen LogP contribution >= 0.6 is 0 Å². The Morgan fingerprint density at radius 1 is 1.33 bits per heavy atom. The van der Waals surface area contributed by atoms with E-state index in [1.807, 2.05) is 0 Å². The number of aryl methyl sites for hydroxylation is 1. The minimum Gasteiger partial charge on any atom is -0.465 e. The lowest BCUT2D eigenvalue weighted by atomic mass is 10.2. The number of hydrogen-bond acceptors (Lipinski definition) is 4. The molecule has 0 aliphatic carbocycles. The van der Waals surface area contributed by atoms with E-state index in [1.54, 1.807) is 25.1 Å². The molecule has 0 spiro atoms. The molecule has 0 saturated carbocycles. The third kappa shape index (κ3) is 2.96. The summed E-state index contributed by atoms with van der Waals surface area (Å²) in [5.41, 5.74) is -0.486. The van der Waals surface area contributed by atoms with Crippen molar-refractivity contribution in [3.63, 3.8) is 0 Å². The van der Waals surface area contributed by atoms with Gasteiger partial charge in [-0.05, 0) is 31.2 Å². The molecule has 21 heavy (non-hydrogen) atoms. The first-order valence-corrected chi connectivity index (χ1v) is 7.50. The molecule has 0 fully saturated rings. The third-order valence-corrected chi connectivity index (χ3v) is 4.80. The minimum atomic E-state index is -3.98. The van der Waals surface area contributed by atoms with Crippen LogP contribution in [0.2, 0.25) is 0 Å². The van der Waals surface area contributed by atoms with Crippen LogP contribution in [-0.4, -0.2) is 19.8 Å². The van der Waals surface area contributed by atoms with Crippen LogP contribution in [0.5, 0.6) is 0 Å². The Bertz CT molecular complexity index is 806. The van der Waals surface area contributed by atoms with Crippen LogP contribution in [0.4, 0.5) is 4.39 Å². The second kappa shape index (κ2) is 5.68. The van der Waals surface area contributed by atoms with E-state index in [-0.39, 0.29) is 11.4 Å². The summed E-state index contributed by atoms with van der Waals surface area (Å²) in [5, 5.41) is 8.95. The van der Waals surface area contributed by atoms with Gasteiger partial charge in [0.2, 0.25) is 10.0 Å². The molecule has 1 heterocycles. The van der Waals surface area contributed by atoms with Gasteiger partial charge in [0.1, 0.15) is 33.9 Å². The van der Waals surface area contributed by atoms with Crippen molar-refractivity contribution in [2.45, 2.75) is 18.4 Å². The fourth-order valence-electron chi connectivity index (χ4n) is 1.87. The molecular formula is C14H13FN2O3S. The molecular weight excluding hydrogens is 295 g/mol. The number of benzene rings is 1. The molecule has 0 saturated heterocycles. The summed E-state index contributed by atoms with van der Waals surface area (Å²) in [4.78, 5) is -0.351. The van der Waals surface area contributed by atoms with Gasteiger partial charge in [-0.3, -0.25) is 0 Å². The van der Waals surface area contributed by atoms with Crippen LogP contribution in [0.1, 0.15) is 17.1 Å². The van der Waals surface area contributed by atoms with Crippen molar-refractivity contribution in [3.8, 4) is 6.07 Å². The van der Waals surface area contributed by atoms with Gasteiger partial charge >= 0.3 is 0 Å². The normalized spacial score (nSPS) is 11.6. The highest BCUT2D eigenvalue weighted by Gasteiger charge is 2.26. The van der Waals surface area contributed by atoms with E-state index < -0.39 is 21.4 Å². The van der Waals surface area contributed by atoms with Crippen LogP contribution < -0.4 is 0 Å². The summed E-state index contributed by atoms with van der Waals surface area (Å²) in [7, 11) is -2.64. The minimum absolute atomic E-state index is 0.00243. The predicted octanol–water partition coefficient (Wildman–Crippen LogP) is 2.42. The van der Waals surface area contributed by atoms with Gasteiger partial charge in [-0.25, -0.2) is 12.8 Å². The highest BCUT2D eigenvalue weighted by molar-refractivity contribution is 7.89. The largest absolute Gasteiger partial charge is 0.465 e. The van der Waals surface area contributed by atoms with Gasteiger partial charge in [0, 0.05) is 7.05 Å². The molecule has 0 atom stereocenters. The van der Waals surface area contributed by atoms with Crippen molar-refractivity contribution in [1.29, 1.82) is 5.26 Å². The van der Waals surface area contributed by atoms with Crippen LogP contribution in [-0.2, 0) is 16.6 Å². The molecule has 0 radical (unpaired) electrons. The molecule has 2 rings (SSSR count). The lowest BCUT2D eigenvalue weighted by molar-refractivity contribution is 0.397. The maximum Gasteiger partial charge on any atom is 0.244 e. The van der Waals surface area contributed by atoms with Crippen molar-refractivity contribution in [2.24, 2.45) is 0 Å². The average Bonchev–Trinajstić information content (AvgIpc) is 2.83. The molecule has 0 unspecified atom stereocenters. The summed E-state index contributed by atoms with van der Waals surface area (Å²) in [5.74, 6) is 0.272. The molecule has 0 N–H and O–H groups in total. The Labute approximate surface area is 122 Å². The van der Waals surface area contributed by atoms with Gasteiger partial charge in [-0.1, -0.05) is 6.07 Å². The Hall–Kier alpha value is -2.17. The number of sulfonamides is 1. The van der Waals surface area contributed by atoms with Gasteiger partial charge in [0.05, 0.1) is 6.54 Å². The van der Waals surface area contributed by atoms with E-state index in [4.69, 9.17) is 9.68 Å². The van der Waals surface area contributed by atoms with Gasteiger partial charge in [0.15, 0.2) is 0 Å². The van der Waals surface area contributed by atoms with E-state index in [2.05, 4.69) is 0 Å². The van der Waals surface area contributed by atoms with Gasteiger partial charge < -0.3 is 4.42 Å². The number of rotatable bonds is 4. The second-order valence-electron chi connectivity index (χ2n) is 4.50. The predicted molar refractivity (Wildman–Crippen MR) is 73.2 cm³/mol. The average molecular weight is 308 g/mol. The molecule has 0 bridgehead atoms. The van der Waals surface area contributed by atoms with Crippen molar-refractivity contribution in [2.75, 3.05) is 7.05 Å². The Morgan fingerprint density at radius 2 is 2.05 bits per heavy atom. The van der Waals surface area contributed by atoms with Crippen molar-refractivity contribution < 1.29 is 17.2 Å². The van der Waals surface area contributed by atoms with E-state index in [1.165, 1.54) is 19.2 Å². The van der Waals surface area contributed by atoms with E-state index >= 15 is 0 Å². The van der Waals surface area contributed by atoms with Gasteiger partial charge in [-0.2, -0.15) is 9.57 Å². The molecule has 7 heteroatoms. The van der Waals surface area contributed by atoms with Crippen LogP contribution in [0.3, 0.4) is 0 Å². The van der Waals surface area contributed by atoms with Crippen LogP contribution in [0.25, 0.3) is 0 Å². The first-order chi connectivity index (χ1) is 9.86. The third-order valence-electron chi connectivity index (χ3n) is 2.95. The fourth-order valence-corrected chi connectivity index (χ4v) is 3.15. The van der Waals surface area contributed by atoms with E-state index in [0.717, 1.165) is 10.4 Å². The smallest absolute Gasteiger partial charge is 0.244 e. The molecule has 1 aromatic heterocycles. The maximum absolute atomic E-state index is 13.6. The van der Waals surface area contributed by atoms with Gasteiger partial charge in [0.25, 0.3) is 0 Å². The molecule has 110 valence electrons.